The fraction of sp³-hybridized carbons (Fsp3) is 0.846. The third kappa shape index (κ3) is 7.91. The minimum absolute atomic E-state index is 0.113. The molecule has 0 radical (unpaired) electrons. The van der Waals surface area contributed by atoms with Gasteiger partial charge in [0.15, 0.2) is 0 Å². The maximum Gasteiger partial charge on any atom is 0.314 e. The first-order valence-electron chi connectivity index (χ1n) is 6.59. The van der Waals surface area contributed by atoms with Crippen molar-refractivity contribution in [3.63, 3.8) is 0 Å². The second-order valence-electron chi connectivity index (χ2n) is 4.45. The predicted molar refractivity (Wildman–Crippen MR) is 67.8 cm³/mol. The number of ketones is 1. The van der Waals surface area contributed by atoms with Crippen molar-refractivity contribution in [1.29, 1.82) is 0 Å². The molecule has 1 atom stereocenters. The lowest BCUT2D eigenvalue weighted by molar-refractivity contribution is -0.146. The van der Waals surface area contributed by atoms with E-state index in [2.05, 4.69) is 0 Å². The van der Waals surface area contributed by atoms with Crippen LogP contribution in [0.25, 0.3) is 0 Å². The van der Waals surface area contributed by atoms with Gasteiger partial charge in [-0.3, -0.25) is 9.59 Å². The summed E-state index contributed by atoms with van der Waals surface area (Å²) in [6, 6.07) is 0. The lowest BCUT2D eigenvalue weighted by atomic mass is 9.93. The Bertz CT molecular complexity index is 229. The van der Waals surface area contributed by atoms with Gasteiger partial charge in [-0.05, 0) is 25.8 Å². The number of carboxylic acid groups (broad SMARTS) is 1. The van der Waals surface area contributed by atoms with Crippen LogP contribution in [0.4, 0.5) is 0 Å². The molecule has 0 aliphatic heterocycles. The number of hydrogen-bond acceptors (Lipinski definition) is 3. The highest BCUT2D eigenvalue weighted by Gasteiger charge is 2.24. The summed E-state index contributed by atoms with van der Waals surface area (Å²) in [5.41, 5.74) is 5.37. The lowest BCUT2D eigenvalue weighted by Gasteiger charge is -2.10. The zero-order chi connectivity index (χ0) is 13.1. The van der Waals surface area contributed by atoms with Crippen molar-refractivity contribution in [3.8, 4) is 0 Å². The Labute approximate surface area is 104 Å². The van der Waals surface area contributed by atoms with Crippen LogP contribution in [0.2, 0.25) is 0 Å². The minimum atomic E-state index is -0.968. The van der Waals surface area contributed by atoms with Crippen LogP contribution in [0.1, 0.15) is 58.3 Å². The normalized spacial score (nSPS) is 12.4. The molecular formula is C13H25NO3. The Morgan fingerprint density at radius 3 is 2.29 bits per heavy atom. The summed E-state index contributed by atoms with van der Waals surface area (Å²) in [6.07, 6.45) is 6.34. The Hall–Kier alpha value is -0.900. The Morgan fingerprint density at radius 2 is 1.76 bits per heavy atom. The molecule has 0 aromatic rings. The molecule has 0 amide bonds. The number of carboxylic acids is 1. The van der Waals surface area contributed by atoms with Gasteiger partial charge in [-0.25, -0.2) is 0 Å². The molecule has 4 nitrogen and oxygen atoms in total. The van der Waals surface area contributed by atoms with Crippen molar-refractivity contribution in [2.24, 2.45) is 11.7 Å². The van der Waals surface area contributed by atoms with Gasteiger partial charge in [-0.15, -0.1) is 0 Å². The second kappa shape index (κ2) is 10.3. The molecule has 0 aromatic heterocycles. The molecule has 0 saturated carbocycles. The van der Waals surface area contributed by atoms with Crippen molar-refractivity contribution in [1.82, 2.24) is 0 Å². The van der Waals surface area contributed by atoms with Crippen LogP contribution in [0.15, 0.2) is 0 Å². The van der Waals surface area contributed by atoms with Gasteiger partial charge >= 0.3 is 5.97 Å². The van der Waals surface area contributed by atoms with Gasteiger partial charge in [-0.2, -0.15) is 0 Å². The van der Waals surface area contributed by atoms with Gasteiger partial charge in [0.25, 0.3) is 0 Å². The summed E-state index contributed by atoms with van der Waals surface area (Å²) in [6.45, 7) is 2.67. The second-order valence-corrected chi connectivity index (χ2v) is 4.45. The van der Waals surface area contributed by atoms with E-state index in [0.29, 0.717) is 19.4 Å². The molecule has 0 aliphatic carbocycles. The summed E-state index contributed by atoms with van der Waals surface area (Å²) in [4.78, 5) is 22.6. The van der Waals surface area contributed by atoms with Crippen LogP contribution < -0.4 is 5.73 Å². The van der Waals surface area contributed by atoms with Crippen molar-refractivity contribution in [2.45, 2.75) is 58.3 Å². The van der Waals surface area contributed by atoms with Crippen LogP contribution in [0, 0.1) is 5.92 Å². The summed E-state index contributed by atoms with van der Waals surface area (Å²) in [5.74, 6) is -1.87. The summed E-state index contributed by atoms with van der Waals surface area (Å²) in [7, 11) is 0. The first-order valence-corrected chi connectivity index (χ1v) is 6.59. The zero-order valence-corrected chi connectivity index (χ0v) is 10.8. The maximum atomic E-state index is 11.7. The Kier molecular flexibility index (Phi) is 9.72. The summed E-state index contributed by atoms with van der Waals surface area (Å²) in [5, 5.41) is 9.00. The predicted octanol–water partition coefficient (Wildman–Crippen LogP) is 2.36. The van der Waals surface area contributed by atoms with E-state index in [1.54, 1.807) is 0 Å². The molecular weight excluding hydrogens is 218 g/mol. The van der Waals surface area contributed by atoms with Crippen LogP contribution in [0.3, 0.4) is 0 Å². The standard InChI is InChI=1S/C13H25NO3/c1-2-3-9-12(15)11(13(16)17)8-6-4-5-7-10-14/h11H,2-10,14H2,1H3,(H,16,17). The third-order valence-corrected chi connectivity index (χ3v) is 2.91. The zero-order valence-electron chi connectivity index (χ0n) is 10.8. The number of Topliss-reactive ketones (excluding diaryl/α,β-unsaturated/α-hetero) is 1. The molecule has 0 spiro atoms. The van der Waals surface area contributed by atoms with E-state index in [1.165, 1.54) is 0 Å². The van der Waals surface area contributed by atoms with E-state index in [1.807, 2.05) is 6.92 Å². The largest absolute Gasteiger partial charge is 0.481 e. The quantitative estimate of drug-likeness (QED) is 0.431. The van der Waals surface area contributed by atoms with Crippen LogP contribution >= 0.6 is 0 Å². The van der Waals surface area contributed by atoms with Crippen molar-refractivity contribution < 1.29 is 14.7 Å². The van der Waals surface area contributed by atoms with E-state index in [4.69, 9.17) is 10.8 Å². The molecule has 3 N–H and O–H groups in total. The van der Waals surface area contributed by atoms with Crippen molar-refractivity contribution in [3.05, 3.63) is 0 Å². The summed E-state index contributed by atoms with van der Waals surface area (Å²) >= 11 is 0. The first-order chi connectivity index (χ1) is 8.13. The number of rotatable bonds is 11. The number of nitrogens with two attached hydrogens (primary N) is 1. The van der Waals surface area contributed by atoms with Gasteiger partial charge in [-0.1, -0.05) is 32.6 Å². The number of aliphatic carboxylic acids is 1. The van der Waals surface area contributed by atoms with Crippen LogP contribution in [-0.2, 0) is 9.59 Å². The molecule has 0 bridgehead atoms. The molecule has 0 aromatic carbocycles. The smallest absolute Gasteiger partial charge is 0.314 e. The summed E-state index contributed by atoms with van der Waals surface area (Å²) < 4.78 is 0. The minimum Gasteiger partial charge on any atom is -0.481 e. The van der Waals surface area contributed by atoms with E-state index in [0.717, 1.165) is 38.5 Å². The highest BCUT2D eigenvalue weighted by molar-refractivity contribution is 5.98. The van der Waals surface area contributed by atoms with Gasteiger partial charge in [0.05, 0.1) is 0 Å². The molecule has 100 valence electrons. The Balaban J connectivity index is 3.90. The number of unbranched alkanes of at least 4 members (excludes halogenated alkanes) is 4. The number of hydrogen-bond donors (Lipinski definition) is 2. The maximum absolute atomic E-state index is 11.7. The lowest BCUT2D eigenvalue weighted by Crippen LogP contribution is -2.23. The highest BCUT2D eigenvalue weighted by atomic mass is 16.4. The first kappa shape index (κ1) is 16.1. The van der Waals surface area contributed by atoms with Gasteiger partial charge in [0.2, 0.25) is 0 Å². The highest BCUT2D eigenvalue weighted by Crippen LogP contribution is 2.15. The molecule has 0 rings (SSSR count). The third-order valence-electron chi connectivity index (χ3n) is 2.91. The fourth-order valence-electron chi connectivity index (χ4n) is 1.79. The molecule has 0 aliphatic rings. The molecule has 0 saturated heterocycles. The average molecular weight is 243 g/mol. The van der Waals surface area contributed by atoms with E-state index in [-0.39, 0.29) is 5.78 Å². The van der Waals surface area contributed by atoms with Gasteiger partial charge in [0, 0.05) is 6.42 Å². The van der Waals surface area contributed by atoms with Gasteiger partial charge < -0.3 is 10.8 Å². The number of carbonyl (C=O) groups excluding carboxylic acids is 1. The number of carbonyl (C=O) groups is 2. The SMILES string of the molecule is CCCCC(=O)C(CCCCCCN)C(=O)O. The molecule has 4 heteroatoms. The van der Waals surface area contributed by atoms with Crippen molar-refractivity contribution >= 4 is 11.8 Å². The van der Waals surface area contributed by atoms with Crippen LogP contribution in [-0.4, -0.2) is 23.4 Å². The van der Waals surface area contributed by atoms with E-state index < -0.39 is 11.9 Å². The Morgan fingerprint density at radius 1 is 1.12 bits per heavy atom. The van der Waals surface area contributed by atoms with E-state index >= 15 is 0 Å². The topological polar surface area (TPSA) is 80.4 Å². The van der Waals surface area contributed by atoms with Crippen LogP contribution in [0.5, 0.6) is 0 Å². The van der Waals surface area contributed by atoms with Gasteiger partial charge in [0.1, 0.15) is 11.7 Å². The average Bonchev–Trinajstić information content (AvgIpc) is 2.30. The van der Waals surface area contributed by atoms with Crippen molar-refractivity contribution in [2.75, 3.05) is 6.54 Å². The van der Waals surface area contributed by atoms with E-state index in [9.17, 15) is 9.59 Å². The monoisotopic (exact) mass is 243 g/mol. The molecule has 0 heterocycles. The molecule has 17 heavy (non-hydrogen) atoms. The molecule has 1 unspecified atom stereocenters. The fourth-order valence-corrected chi connectivity index (χ4v) is 1.79. The molecule has 0 fully saturated rings.